The standard InChI is InChI=1S/C92H86N12/c1-55-75(41-17-59-47-93-51-97-85(55)59)101(67-29-21-63(22-30-67)89(5,6)7)79-45-80(102(68-31-23-64(24-32-68)90(8,9)10)76-42-18-60-48-94-52-98-86(60)56(76)2)72-39-40-74-82(104(70-35-27-66(28-36-70)92(14,15)16)78-44-20-62-50-96-54-100-88(62)58(78)4)46-81(73-38-37-71(79)83(72)84(73)74)103(69-33-25-65(26-34-69)91(11,12)13)77-43-19-61-49-95-53-99-87(61)57(77)3/h17-54H,1-16H3. The molecule has 0 saturated carbocycles. The van der Waals surface area contributed by atoms with Crippen molar-refractivity contribution < 1.29 is 0 Å². The summed E-state index contributed by atoms with van der Waals surface area (Å²) in [5, 5.41) is 10.2. The van der Waals surface area contributed by atoms with E-state index >= 15 is 0 Å². The number of hydrogen-bond donors (Lipinski definition) is 0. The van der Waals surface area contributed by atoms with Crippen LogP contribution in [0.15, 0.2) is 232 Å². The molecule has 0 saturated heterocycles. The van der Waals surface area contributed by atoms with Crippen LogP contribution in [-0.2, 0) is 21.7 Å². The lowest BCUT2D eigenvalue weighted by Gasteiger charge is -2.36. The Morgan fingerprint density at radius 2 is 0.433 bits per heavy atom. The average molecular weight is 1360 g/mol. The van der Waals surface area contributed by atoms with Crippen molar-refractivity contribution in [3.8, 4) is 0 Å². The largest absolute Gasteiger partial charge is 0.309 e. The molecule has 0 unspecified atom stereocenters. The molecule has 0 aliphatic carbocycles. The Bertz CT molecular complexity index is 5290. The van der Waals surface area contributed by atoms with E-state index in [1.165, 1.54) is 22.3 Å². The number of nitrogens with zero attached hydrogens (tertiary/aromatic N) is 12. The second-order valence-corrected chi connectivity index (χ2v) is 32.1. The molecular formula is C92H86N12. The van der Waals surface area contributed by atoms with Crippen LogP contribution >= 0.6 is 0 Å². The van der Waals surface area contributed by atoms with Gasteiger partial charge in [-0.25, -0.2) is 39.9 Å². The lowest BCUT2D eigenvalue weighted by atomic mass is 9.86. The molecule has 0 bridgehead atoms. The smallest absolute Gasteiger partial charge is 0.116 e. The summed E-state index contributed by atoms with van der Waals surface area (Å²) in [6, 6.07) is 68.9. The molecule has 0 amide bonds. The van der Waals surface area contributed by atoms with E-state index in [0.29, 0.717) is 0 Å². The molecule has 0 N–H and O–H groups in total. The zero-order valence-corrected chi connectivity index (χ0v) is 62.3. The second kappa shape index (κ2) is 25.0. The van der Waals surface area contributed by atoms with Gasteiger partial charge in [-0.2, -0.15) is 0 Å². The van der Waals surface area contributed by atoms with Gasteiger partial charge >= 0.3 is 0 Å². The topological polar surface area (TPSA) is 116 Å². The predicted octanol–water partition coefficient (Wildman–Crippen LogP) is 24.7. The molecule has 104 heavy (non-hydrogen) atoms. The van der Waals surface area contributed by atoms with E-state index in [9.17, 15) is 0 Å². The maximum Gasteiger partial charge on any atom is 0.116 e. The highest BCUT2D eigenvalue weighted by atomic mass is 15.2. The summed E-state index contributed by atoms with van der Waals surface area (Å²) < 4.78 is 0. The Kier molecular flexibility index (Phi) is 16.1. The fourth-order valence-electron chi connectivity index (χ4n) is 15.5. The molecular weight excluding hydrogens is 1270 g/mol. The van der Waals surface area contributed by atoms with Crippen molar-refractivity contribution in [1.29, 1.82) is 0 Å². The quantitative estimate of drug-likeness (QED) is 0.108. The Labute approximate surface area is 609 Å². The molecule has 16 aromatic rings. The van der Waals surface area contributed by atoms with E-state index in [2.05, 4.69) is 332 Å². The lowest BCUT2D eigenvalue weighted by Crippen LogP contribution is -2.18. The normalized spacial score (nSPS) is 12.4. The van der Waals surface area contributed by atoms with Gasteiger partial charge < -0.3 is 19.6 Å². The second-order valence-electron chi connectivity index (χ2n) is 32.1. The van der Waals surface area contributed by atoms with Crippen LogP contribution in [0.2, 0.25) is 0 Å². The molecule has 0 atom stereocenters. The minimum absolute atomic E-state index is 0.107. The Hall–Kier alpha value is -11.8. The minimum Gasteiger partial charge on any atom is -0.309 e. The SMILES string of the molecule is Cc1c(N(c2ccc(C(C)(C)C)cc2)c2cc(N(c3ccc(C(C)(C)C)cc3)c3ccc4cncnc4c3C)c3ccc4c(N(c5ccc(C(C)(C)C)cc5)c5ccc6cncnc6c5C)cc(N(c5ccc(C(C)(C)C)cc5)c5ccc6cncnc6c5C)c5ccc2c3c54)ccc2cncnc12. The van der Waals surface area contributed by atoms with E-state index in [-0.39, 0.29) is 21.7 Å². The Morgan fingerprint density at radius 3 is 0.625 bits per heavy atom. The molecule has 0 radical (unpaired) electrons. The summed E-state index contributed by atoms with van der Waals surface area (Å²) in [7, 11) is 0. The third-order valence-electron chi connectivity index (χ3n) is 21.3. The van der Waals surface area contributed by atoms with Crippen molar-refractivity contribution in [3.05, 3.63) is 277 Å². The summed E-state index contributed by atoms with van der Waals surface area (Å²) in [5.41, 5.74) is 24.0. The van der Waals surface area contributed by atoms with Crippen LogP contribution in [0.5, 0.6) is 0 Å². The molecule has 16 rings (SSSR count). The van der Waals surface area contributed by atoms with Crippen LogP contribution in [-0.4, -0.2) is 39.9 Å². The summed E-state index contributed by atoms with van der Waals surface area (Å²) in [4.78, 5) is 48.1. The van der Waals surface area contributed by atoms with E-state index in [4.69, 9.17) is 19.9 Å². The van der Waals surface area contributed by atoms with Crippen molar-refractivity contribution in [2.24, 2.45) is 0 Å². The van der Waals surface area contributed by atoms with Gasteiger partial charge in [0.05, 0.1) is 67.6 Å². The molecule has 0 spiro atoms. The van der Waals surface area contributed by atoms with Gasteiger partial charge in [0.25, 0.3) is 0 Å². The van der Waals surface area contributed by atoms with Crippen molar-refractivity contribution >= 4 is 144 Å². The summed E-state index contributed by atoms with van der Waals surface area (Å²) >= 11 is 0. The molecule has 4 heterocycles. The zero-order valence-electron chi connectivity index (χ0n) is 62.3. The van der Waals surface area contributed by atoms with Crippen LogP contribution in [0.3, 0.4) is 0 Å². The van der Waals surface area contributed by atoms with E-state index in [1.54, 1.807) is 25.3 Å². The highest BCUT2D eigenvalue weighted by Gasteiger charge is 2.33. The number of benzene rings is 12. The number of aryl methyl sites for hydroxylation is 4. The minimum atomic E-state index is -0.107. The molecule has 4 aromatic heterocycles. The maximum absolute atomic E-state index is 5.02. The zero-order chi connectivity index (χ0) is 72.5. The van der Waals surface area contributed by atoms with Gasteiger partial charge in [-0.05, 0) is 203 Å². The van der Waals surface area contributed by atoms with Crippen molar-refractivity contribution in [3.63, 3.8) is 0 Å². The molecule has 12 nitrogen and oxygen atoms in total. The summed E-state index contributed by atoms with van der Waals surface area (Å²) in [6.45, 7) is 36.2. The highest BCUT2D eigenvalue weighted by Crippen LogP contribution is 2.57. The third kappa shape index (κ3) is 11.5. The first kappa shape index (κ1) is 66.8. The molecule has 0 fully saturated rings. The lowest BCUT2D eigenvalue weighted by molar-refractivity contribution is 0.590. The fraction of sp³-hybridized carbons (Fsp3) is 0.217. The summed E-state index contributed by atoms with van der Waals surface area (Å²) in [6.07, 6.45) is 14.3. The van der Waals surface area contributed by atoms with Crippen LogP contribution in [0, 0.1) is 27.7 Å². The molecule has 12 heteroatoms. The van der Waals surface area contributed by atoms with Gasteiger partial charge in [0.1, 0.15) is 25.3 Å². The van der Waals surface area contributed by atoms with Gasteiger partial charge in [-0.1, -0.05) is 156 Å². The van der Waals surface area contributed by atoms with E-state index in [1.807, 2.05) is 24.8 Å². The van der Waals surface area contributed by atoms with Gasteiger partial charge in [0.15, 0.2) is 0 Å². The first-order valence-corrected chi connectivity index (χ1v) is 36.0. The van der Waals surface area contributed by atoms with Gasteiger partial charge in [-0.3, -0.25) is 0 Å². The van der Waals surface area contributed by atoms with E-state index in [0.717, 1.165) is 166 Å². The molecule has 0 aliphatic heterocycles. The monoisotopic (exact) mass is 1360 g/mol. The first-order valence-electron chi connectivity index (χ1n) is 36.0. The van der Waals surface area contributed by atoms with Crippen LogP contribution in [0.4, 0.5) is 68.2 Å². The highest BCUT2D eigenvalue weighted by molar-refractivity contribution is 6.33. The molecule has 514 valence electrons. The predicted molar refractivity (Wildman–Crippen MR) is 435 cm³/mol. The van der Waals surface area contributed by atoms with E-state index < -0.39 is 0 Å². The van der Waals surface area contributed by atoms with Gasteiger partial charge in [-0.15, -0.1) is 0 Å². The van der Waals surface area contributed by atoms with Crippen molar-refractivity contribution in [1.82, 2.24) is 39.9 Å². The number of fused-ring (bicyclic) bond motifs is 4. The fourth-order valence-corrected chi connectivity index (χ4v) is 15.5. The van der Waals surface area contributed by atoms with Crippen molar-refractivity contribution in [2.75, 3.05) is 19.6 Å². The maximum atomic E-state index is 5.02. The summed E-state index contributed by atoms with van der Waals surface area (Å²) in [5.74, 6) is 0. The van der Waals surface area contributed by atoms with Crippen molar-refractivity contribution in [2.45, 2.75) is 132 Å². The third-order valence-corrected chi connectivity index (χ3v) is 21.3. The number of hydrogen-bond acceptors (Lipinski definition) is 12. The number of rotatable bonds is 12. The number of aromatic nitrogens is 8. The molecule has 12 aromatic carbocycles. The Balaban J connectivity index is 1.13. The average Bonchev–Trinajstić information content (AvgIpc) is 0.697. The van der Waals surface area contributed by atoms with Crippen LogP contribution in [0.25, 0.3) is 75.9 Å². The van der Waals surface area contributed by atoms with Gasteiger partial charge in [0.2, 0.25) is 0 Å². The number of anilines is 12. The Morgan fingerprint density at radius 1 is 0.231 bits per heavy atom. The van der Waals surface area contributed by atoms with Gasteiger partial charge in [0, 0.05) is 101 Å². The van der Waals surface area contributed by atoms with Crippen LogP contribution < -0.4 is 19.6 Å². The van der Waals surface area contributed by atoms with Crippen LogP contribution in [0.1, 0.15) is 128 Å². The first-order chi connectivity index (χ1) is 49.8. The molecule has 0 aliphatic rings.